The molecule has 0 aromatic carbocycles. The number of fused-ring (bicyclic) bond motifs is 1. The molecule has 2 N–H and O–H groups in total. The molecule has 0 fully saturated rings. The van der Waals surface area contributed by atoms with Crippen molar-refractivity contribution in [2.45, 2.75) is 13.5 Å². The van der Waals surface area contributed by atoms with Gasteiger partial charge in [0.25, 0.3) is 0 Å². The number of hydrogen-bond donors (Lipinski definition) is 2. The maximum atomic E-state index is 9.12. The van der Waals surface area contributed by atoms with Crippen molar-refractivity contribution in [2.75, 3.05) is 5.32 Å². The van der Waals surface area contributed by atoms with Crippen LogP contribution in [0.3, 0.4) is 0 Å². The number of hydrogen-bond acceptors (Lipinski definition) is 8. The normalized spacial score (nSPS) is 11.2. The maximum Gasteiger partial charge on any atom is 0.181 e. The Kier molecular flexibility index (Phi) is 3.52. The fourth-order valence-electron chi connectivity index (χ4n) is 2.26. The summed E-state index contributed by atoms with van der Waals surface area (Å²) in [7, 11) is 0. The Morgan fingerprint density at radius 1 is 1.35 bits per heavy atom. The summed E-state index contributed by atoms with van der Waals surface area (Å²) in [6, 6.07) is 1.80. The summed E-state index contributed by atoms with van der Waals surface area (Å²) >= 11 is 2.85. The van der Waals surface area contributed by atoms with E-state index in [9.17, 15) is 0 Å². The Morgan fingerprint density at radius 3 is 3.00 bits per heavy atom. The van der Waals surface area contributed by atoms with Crippen LogP contribution in [0.2, 0.25) is 0 Å². The summed E-state index contributed by atoms with van der Waals surface area (Å²) in [5.74, 6) is 0.654. The minimum atomic E-state index is -0.0770. The number of thiazole rings is 1. The number of aromatic nitrogens is 5. The lowest BCUT2D eigenvalue weighted by atomic mass is 10.4. The molecule has 0 spiro atoms. The van der Waals surface area contributed by atoms with Gasteiger partial charge in [-0.25, -0.2) is 15.0 Å². The maximum absolute atomic E-state index is 9.12. The van der Waals surface area contributed by atoms with Gasteiger partial charge in [-0.1, -0.05) is 0 Å². The molecular formula is C14H12N6OS2. The highest BCUT2D eigenvalue weighted by atomic mass is 32.1. The molecule has 0 amide bonds. The number of nitrogens with zero attached hydrogens (tertiary/aromatic N) is 5. The highest BCUT2D eigenvalue weighted by molar-refractivity contribution is 7.13. The van der Waals surface area contributed by atoms with E-state index in [1.54, 1.807) is 29.8 Å². The van der Waals surface area contributed by atoms with E-state index in [4.69, 9.17) is 5.11 Å². The molecule has 0 radical (unpaired) electrons. The first-order valence-electron chi connectivity index (χ1n) is 6.82. The Hall–Kier alpha value is -2.36. The fourth-order valence-corrected chi connectivity index (χ4v) is 3.56. The summed E-state index contributed by atoms with van der Waals surface area (Å²) < 4.78 is 6.13. The van der Waals surface area contributed by atoms with Gasteiger partial charge in [0.1, 0.15) is 15.7 Å². The molecule has 23 heavy (non-hydrogen) atoms. The summed E-state index contributed by atoms with van der Waals surface area (Å²) in [6.45, 7) is 1.86. The van der Waals surface area contributed by atoms with E-state index < -0.39 is 0 Å². The van der Waals surface area contributed by atoms with E-state index in [0.717, 1.165) is 27.0 Å². The molecule has 4 rings (SSSR count). The minimum absolute atomic E-state index is 0.0770. The van der Waals surface area contributed by atoms with Crippen LogP contribution in [-0.2, 0) is 6.61 Å². The van der Waals surface area contributed by atoms with Crippen LogP contribution in [0, 0.1) is 6.92 Å². The standard InChI is InChI=1S/C14H12N6OS2/c1-8-6-20-10(14-15-2-3-22-14)5-16-13(20)12(17-8)18-11-4-9(7-21)19-23-11/h2-6,21H,7H2,1H3,(H,17,18). The molecule has 0 atom stereocenters. The highest BCUT2D eigenvalue weighted by Gasteiger charge is 2.14. The van der Waals surface area contributed by atoms with Gasteiger partial charge in [-0.3, -0.25) is 4.40 Å². The largest absolute Gasteiger partial charge is 0.390 e. The zero-order valence-electron chi connectivity index (χ0n) is 12.1. The Labute approximate surface area is 139 Å². The van der Waals surface area contributed by atoms with Crippen LogP contribution in [0.5, 0.6) is 0 Å². The Morgan fingerprint density at radius 2 is 2.26 bits per heavy atom. The van der Waals surface area contributed by atoms with E-state index >= 15 is 0 Å². The third-order valence-corrected chi connectivity index (χ3v) is 4.76. The van der Waals surface area contributed by atoms with E-state index in [1.165, 1.54) is 11.5 Å². The van der Waals surface area contributed by atoms with Crippen LogP contribution in [0.25, 0.3) is 16.3 Å². The van der Waals surface area contributed by atoms with Gasteiger partial charge in [0.2, 0.25) is 0 Å². The molecule has 116 valence electrons. The molecule has 0 saturated carbocycles. The van der Waals surface area contributed by atoms with Crippen molar-refractivity contribution in [3.05, 3.63) is 41.4 Å². The second kappa shape index (κ2) is 5.69. The topological polar surface area (TPSA) is 88.2 Å². The van der Waals surface area contributed by atoms with Gasteiger partial charge in [-0.15, -0.1) is 11.3 Å². The number of aryl methyl sites for hydroxylation is 1. The minimum Gasteiger partial charge on any atom is -0.390 e. The molecule has 7 nitrogen and oxygen atoms in total. The first-order valence-corrected chi connectivity index (χ1v) is 8.48. The Balaban J connectivity index is 1.80. The van der Waals surface area contributed by atoms with Crippen molar-refractivity contribution >= 4 is 39.3 Å². The van der Waals surface area contributed by atoms with Gasteiger partial charge in [-0.05, 0) is 24.5 Å². The smallest absolute Gasteiger partial charge is 0.181 e. The molecule has 4 aromatic heterocycles. The summed E-state index contributed by atoms with van der Waals surface area (Å²) in [6.07, 6.45) is 5.52. The quantitative estimate of drug-likeness (QED) is 0.592. The van der Waals surface area contributed by atoms with Gasteiger partial charge in [-0.2, -0.15) is 4.37 Å². The highest BCUT2D eigenvalue weighted by Crippen LogP contribution is 2.28. The summed E-state index contributed by atoms with van der Waals surface area (Å²) in [4.78, 5) is 13.4. The number of nitrogens with one attached hydrogen (secondary N) is 1. The Bertz CT molecular complexity index is 959. The lowest BCUT2D eigenvalue weighted by Crippen LogP contribution is -2.00. The van der Waals surface area contributed by atoms with Crippen LogP contribution in [0.1, 0.15) is 11.4 Å². The van der Waals surface area contributed by atoms with E-state index in [-0.39, 0.29) is 6.61 Å². The number of anilines is 2. The molecule has 0 aliphatic rings. The van der Waals surface area contributed by atoms with Crippen molar-refractivity contribution in [3.63, 3.8) is 0 Å². The summed E-state index contributed by atoms with van der Waals surface area (Å²) in [5.41, 5.74) is 3.15. The van der Waals surface area contributed by atoms with Crippen LogP contribution >= 0.6 is 22.9 Å². The zero-order chi connectivity index (χ0) is 15.8. The molecule has 4 aromatic rings. The monoisotopic (exact) mass is 344 g/mol. The third kappa shape index (κ3) is 2.58. The number of rotatable bonds is 4. The van der Waals surface area contributed by atoms with Crippen LogP contribution in [-0.4, -0.2) is 28.8 Å². The predicted molar refractivity (Wildman–Crippen MR) is 90.2 cm³/mol. The van der Waals surface area contributed by atoms with Crippen molar-refractivity contribution in [1.29, 1.82) is 0 Å². The molecule has 0 unspecified atom stereocenters. The van der Waals surface area contributed by atoms with Gasteiger partial charge in [0.15, 0.2) is 11.5 Å². The SMILES string of the molecule is Cc1cn2c(-c3nccs3)cnc2c(Nc2cc(CO)ns2)n1. The van der Waals surface area contributed by atoms with Gasteiger partial charge >= 0.3 is 0 Å². The molecule has 0 aliphatic heterocycles. The van der Waals surface area contributed by atoms with E-state index in [1.807, 2.05) is 22.9 Å². The van der Waals surface area contributed by atoms with Crippen molar-refractivity contribution < 1.29 is 5.11 Å². The molecule has 9 heteroatoms. The molecule has 0 aliphatic carbocycles. The van der Waals surface area contributed by atoms with E-state index in [0.29, 0.717) is 11.5 Å². The number of aliphatic hydroxyl groups is 1. The van der Waals surface area contributed by atoms with E-state index in [2.05, 4.69) is 24.6 Å². The third-order valence-electron chi connectivity index (χ3n) is 3.23. The predicted octanol–water partition coefficient (Wildman–Crippen LogP) is 2.85. The van der Waals surface area contributed by atoms with Crippen molar-refractivity contribution in [2.24, 2.45) is 0 Å². The zero-order valence-corrected chi connectivity index (χ0v) is 13.7. The first kappa shape index (κ1) is 14.2. The summed E-state index contributed by atoms with van der Waals surface area (Å²) in [5, 5.41) is 16.0. The van der Waals surface area contributed by atoms with Gasteiger partial charge in [0.05, 0.1) is 24.2 Å². The number of imidazole rings is 1. The lowest BCUT2D eigenvalue weighted by Gasteiger charge is -2.07. The average molecular weight is 344 g/mol. The fraction of sp³-hybridized carbons (Fsp3) is 0.143. The molecule has 0 bridgehead atoms. The molecule has 0 saturated heterocycles. The second-order valence-electron chi connectivity index (χ2n) is 4.87. The molecule has 4 heterocycles. The second-order valence-corrected chi connectivity index (χ2v) is 6.57. The van der Waals surface area contributed by atoms with Crippen LogP contribution in [0.4, 0.5) is 10.8 Å². The first-order chi connectivity index (χ1) is 11.2. The van der Waals surface area contributed by atoms with Crippen LogP contribution in [0.15, 0.2) is 30.0 Å². The lowest BCUT2D eigenvalue weighted by molar-refractivity contribution is 0.278. The van der Waals surface area contributed by atoms with Gasteiger partial charge in [0, 0.05) is 17.8 Å². The van der Waals surface area contributed by atoms with Gasteiger partial charge < -0.3 is 10.4 Å². The molecular weight excluding hydrogens is 332 g/mol. The number of aliphatic hydroxyl groups excluding tert-OH is 1. The van der Waals surface area contributed by atoms with Crippen LogP contribution < -0.4 is 5.32 Å². The van der Waals surface area contributed by atoms with Crippen molar-refractivity contribution in [1.82, 2.24) is 23.7 Å². The van der Waals surface area contributed by atoms with Crippen molar-refractivity contribution in [3.8, 4) is 10.7 Å². The average Bonchev–Trinajstić information content (AvgIpc) is 3.26.